The van der Waals surface area contributed by atoms with Crippen molar-refractivity contribution in [3.63, 3.8) is 0 Å². The number of aromatic nitrogens is 4. The molecule has 1 N–H and O–H groups in total. The van der Waals surface area contributed by atoms with Crippen LogP contribution in [-0.4, -0.2) is 51.2 Å². The van der Waals surface area contributed by atoms with Gasteiger partial charge in [-0.1, -0.05) is 66.0 Å². The van der Waals surface area contributed by atoms with Gasteiger partial charge in [-0.05, 0) is 43.8 Å². The van der Waals surface area contributed by atoms with Crippen molar-refractivity contribution in [1.29, 1.82) is 0 Å². The molecule has 0 unspecified atom stereocenters. The number of hydrogen-bond acceptors (Lipinski definition) is 5. The number of anilines is 1. The number of rotatable bonds is 10. The number of unbranched alkanes of at least 4 members (excludes halogenated alkanes) is 2. The summed E-state index contributed by atoms with van der Waals surface area (Å²) in [5.41, 5.74) is 1.41. The largest absolute Gasteiger partial charge is 0.322 e. The van der Waals surface area contributed by atoms with Crippen molar-refractivity contribution in [2.45, 2.75) is 25.8 Å². The molecule has 3 aromatic rings. The number of aryl methyl sites for hydroxylation is 1. The van der Waals surface area contributed by atoms with Crippen LogP contribution in [0, 0.1) is 0 Å². The van der Waals surface area contributed by atoms with Crippen molar-refractivity contribution >= 4 is 34.8 Å². The van der Waals surface area contributed by atoms with E-state index in [-0.39, 0.29) is 12.5 Å². The molecule has 0 aliphatic heterocycles. The summed E-state index contributed by atoms with van der Waals surface area (Å²) in [6.45, 7) is 1.80. The van der Waals surface area contributed by atoms with Crippen molar-refractivity contribution in [3.8, 4) is 11.4 Å². The second kappa shape index (κ2) is 11.1. The van der Waals surface area contributed by atoms with E-state index in [1.807, 2.05) is 42.3 Å². The Balaban J connectivity index is 1.34. The fourth-order valence-electron chi connectivity index (χ4n) is 2.97. The van der Waals surface area contributed by atoms with Gasteiger partial charge in [0.2, 0.25) is 11.7 Å². The number of benzene rings is 2. The van der Waals surface area contributed by atoms with E-state index in [1.165, 1.54) is 0 Å². The lowest BCUT2D eigenvalue weighted by Crippen LogP contribution is -2.31. The molecule has 30 heavy (non-hydrogen) atoms. The van der Waals surface area contributed by atoms with Gasteiger partial charge in [0.25, 0.3) is 0 Å². The Morgan fingerprint density at radius 2 is 1.77 bits per heavy atom. The van der Waals surface area contributed by atoms with Gasteiger partial charge in [0.15, 0.2) is 0 Å². The molecule has 0 atom stereocenters. The first kappa shape index (κ1) is 22.2. The number of amides is 1. The SMILES string of the molecule is CN(CCCCCn1nnc(-c2ccccc2)n1)CC(=O)Nc1c(Cl)cccc1Cl. The zero-order valence-corrected chi connectivity index (χ0v) is 18.3. The van der Waals surface area contributed by atoms with E-state index in [0.29, 0.717) is 21.6 Å². The highest BCUT2D eigenvalue weighted by atomic mass is 35.5. The number of likely N-dealkylation sites (N-methyl/N-ethyl adjacent to an activating group) is 1. The number of para-hydroxylation sites is 1. The van der Waals surface area contributed by atoms with E-state index in [0.717, 1.165) is 37.9 Å². The quantitative estimate of drug-likeness (QED) is 0.467. The Hall–Kier alpha value is -2.48. The molecule has 0 aliphatic rings. The fourth-order valence-corrected chi connectivity index (χ4v) is 3.46. The lowest BCUT2D eigenvalue weighted by Gasteiger charge is -2.17. The average Bonchev–Trinajstić information content (AvgIpc) is 3.20. The second-order valence-electron chi connectivity index (χ2n) is 7.02. The maximum atomic E-state index is 12.2. The summed E-state index contributed by atoms with van der Waals surface area (Å²) in [6, 6.07) is 14.9. The maximum absolute atomic E-state index is 12.2. The van der Waals surface area contributed by atoms with Crippen LogP contribution < -0.4 is 5.32 Å². The Bertz CT molecular complexity index is 943. The molecule has 1 heterocycles. The predicted molar refractivity (Wildman–Crippen MR) is 120 cm³/mol. The first-order valence-corrected chi connectivity index (χ1v) is 10.5. The second-order valence-corrected chi connectivity index (χ2v) is 7.83. The Morgan fingerprint density at radius 3 is 2.50 bits per heavy atom. The topological polar surface area (TPSA) is 75.9 Å². The van der Waals surface area contributed by atoms with Crippen LogP contribution in [0.2, 0.25) is 10.0 Å². The fraction of sp³-hybridized carbons (Fsp3) is 0.333. The number of nitrogens with one attached hydrogen (secondary N) is 1. The van der Waals surface area contributed by atoms with Crippen LogP contribution in [0.5, 0.6) is 0 Å². The molecule has 2 aromatic carbocycles. The zero-order chi connectivity index (χ0) is 21.3. The summed E-state index contributed by atoms with van der Waals surface area (Å²) < 4.78 is 0. The van der Waals surface area contributed by atoms with E-state index < -0.39 is 0 Å². The first-order chi connectivity index (χ1) is 14.5. The van der Waals surface area contributed by atoms with Crippen molar-refractivity contribution in [3.05, 3.63) is 58.6 Å². The third kappa shape index (κ3) is 6.52. The van der Waals surface area contributed by atoms with E-state index >= 15 is 0 Å². The summed E-state index contributed by atoms with van der Waals surface area (Å²) in [7, 11) is 1.92. The molecule has 7 nitrogen and oxygen atoms in total. The van der Waals surface area contributed by atoms with E-state index in [1.54, 1.807) is 23.0 Å². The van der Waals surface area contributed by atoms with Crippen LogP contribution in [0.15, 0.2) is 48.5 Å². The monoisotopic (exact) mass is 446 g/mol. The summed E-state index contributed by atoms with van der Waals surface area (Å²) >= 11 is 12.2. The number of carbonyl (C=O) groups is 1. The highest BCUT2D eigenvalue weighted by Crippen LogP contribution is 2.29. The van der Waals surface area contributed by atoms with Gasteiger partial charge in [0.1, 0.15) is 0 Å². The Morgan fingerprint density at radius 1 is 1.03 bits per heavy atom. The predicted octanol–water partition coefficient (Wildman–Crippen LogP) is 4.39. The molecule has 1 aromatic heterocycles. The zero-order valence-electron chi connectivity index (χ0n) is 16.8. The molecule has 158 valence electrons. The maximum Gasteiger partial charge on any atom is 0.238 e. The van der Waals surface area contributed by atoms with Gasteiger partial charge >= 0.3 is 0 Å². The third-order valence-electron chi connectivity index (χ3n) is 4.52. The summed E-state index contributed by atoms with van der Waals surface area (Å²) in [4.78, 5) is 15.8. The van der Waals surface area contributed by atoms with Crippen molar-refractivity contribution in [2.75, 3.05) is 25.5 Å². The third-order valence-corrected chi connectivity index (χ3v) is 5.15. The molecule has 9 heteroatoms. The number of hydrogen-bond donors (Lipinski definition) is 1. The van der Waals surface area contributed by atoms with Gasteiger partial charge in [0.05, 0.1) is 28.8 Å². The molecule has 0 radical (unpaired) electrons. The van der Waals surface area contributed by atoms with E-state index in [9.17, 15) is 4.79 Å². The standard InChI is InChI=1S/C21H24Cl2N6O/c1-28(15-19(30)24-20-17(22)11-8-12-18(20)23)13-6-3-7-14-29-26-21(25-27-29)16-9-4-2-5-10-16/h2,4-5,8-12H,3,6-7,13-15H2,1H3,(H,24,30). The summed E-state index contributed by atoms with van der Waals surface area (Å²) in [5.74, 6) is 0.493. The van der Waals surface area contributed by atoms with Gasteiger partial charge in [-0.15, -0.1) is 10.2 Å². The van der Waals surface area contributed by atoms with Gasteiger partial charge in [-0.3, -0.25) is 9.69 Å². The molecule has 0 fully saturated rings. The molecule has 0 saturated heterocycles. The van der Waals surface area contributed by atoms with E-state index in [4.69, 9.17) is 23.2 Å². The van der Waals surface area contributed by atoms with Crippen LogP contribution in [0.25, 0.3) is 11.4 Å². The lowest BCUT2D eigenvalue weighted by atomic mass is 10.2. The van der Waals surface area contributed by atoms with Crippen LogP contribution in [0.3, 0.4) is 0 Å². The van der Waals surface area contributed by atoms with Crippen molar-refractivity contribution in [2.24, 2.45) is 0 Å². The van der Waals surface area contributed by atoms with Gasteiger partial charge in [-0.25, -0.2) is 0 Å². The number of carbonyl (C=O) groups excluding carboxylic acids is 1. The highest BCUT2D eigenvalue weighted by molar-refractivity contribution is 6.39. The number of halogens is 2. The smallest absolute Gasteiger partial charge is 0.238 e. The van der Waals surface area contributed by atoms with Crippen LogP contribution in [0.4, 0.5) is 5.69 Å². The Kier molecular flexibility index (Phi) is 8.19. The normalized spacial score (nSPS) is 11.1. The molecule has 0 saturated carbocycles. The molecule has 1 amide bonds. The van der Waals surface area contributed by atoms with Gasteiger partial charge < -0.3 is 5.32 Å². The number of tetrazole rings is 1. The minimum atomic E-state index is -0.146. The van der Waals surface area contributed by atoms with Gasteiger partial charge in [-0.2, -0.15) is 4.80 Å². The van der Waals surface area contributed by atoms with Crippen LogP contribution in [-0.2, 0) is 11.3 Å². The molecule has 0 bridgehead atoms. The molecular formula is C21H24Cl2N6O. The van der Waals surface area contributed by atoms with Crippen LogP contribution in [0.1, 0.15) is 19.3 Å². The molecule has 0 aliphatic carbocycles. The van der Waals surface area contributed by atoms with Gasteiger partial charge in [0, 0.05) is 5.56 Å². The molecule has 3 rings (SSSR count). The van der Waals surface area contributed by atoms with Crippen molar-refractivity contribution in [1.82, 2.24) is 25.1 Å². The molecular weight excluding hydrogens is 423 g/mol. The lowest BCUT2D eigenvalue weighted by molar-refractivity contribution is -0.117. The van der Waals surface area contributed by atoms with Crippen molar-refractivity contribution < 1.29 is 4.79 Å². The number of nitrogens with zero attached hydrogens (tertiary/aromatic N) is 5. The van der Waals surface area contributed by atoms with E-state index in [2.05, 4.69) is 20.7 Å². The summed E-state index contributed by atoms with van der Waals surface area (Å²) in [6.07, 6.45) is 2.92. The molecule has 0 spiro atoms. The minimum absolute atomic E-state index is 0.146. The van der Waals surface area contributed by atoms with Crippen LogP contribution >= 0.6 is 23.2 Å². The Labute approximate surface area is 186 Å². The first-order valence-electron chi connectivity index (χ1n) is 9.78. The minimum Gasteiger partial charge on any atom is -0.322 e. The highest BCUT2D eigenvalue weighted by Gasteiger charge is 2.11. The summed E-state index contributed by atoms with van der Waals surface area (Å²) in [5, 5.41) is 16.3. The average molecular weight is 447 g/mol.